The summed E-state index contributed by atoms with van der Waals surface area (Å²) in [5, 5.41) is 3.33. The molecular weight excluding hydrogens is 346 g/mol. The van der Waals surface area contributed by atoms with E-state index < -0.39 is 0 Å². The molecule has 27 heavy (non-hydrogen) atoms. The van der Waals surface area contributed by atoms with E-state index in [1.807, 2.05) is 24.3 Å². The number of aryl methyl sites for hydroxylation is 1. The van der Waals surface area contributed by atoms with Gasteiger partial charge in [0.2, 0.25) is 5.91 Å². The topological polar surface area (TPSA) is 82.4 Å². The fourth-order valence-electron chi connectivity index (χ4n) is 2.63. The minimum absolute atomic E-state index is 0.144. The van der Waals surface area contributed by atoms with E-state index in [9.17, 15) is 9.59 Å². The lowest BCUT2D eigenvalue weighted by atomic mass is 10.2. The Bertz CT molecular complexity index is 984. The summed E-state index contributed by atoms with van der Waals surface area (Å²) in [7, 11) is 1.59. The van der Waals surface area contributed by atoms with Gasteiger partial charge in [-0.3, -0.25) is 14.2 Å². The second-order valence-corrected chi connectivity index (χ2v) is 5.89. The van der Waals surface area contributed by atoms with Gasteiger partial charge < -0.3 is 14.8 Å². The smallest absolute Gasteiger partial charge is 0.261 e. The highest BCUT2D eigenvalue weighted by Gasteiger charge is 2.06. The number of aromatic nitrogens is 2. The summed E-state index contributed by atoms with van der Waals surface area (Å²) in [6.45, 7) is 0.997. The van der Waals surface area contributed by atoms with Crippen molar-refractivity contribution in [2.75, 3.05) is 20.3 Å². The molecule has 0 aliphatic carbocycles. The molecule has 0 radical (unpaired) electrons. The number of ether oxygens (including phenoxy) is 2. The number of methoxy groups -OCH3 is 1. The molecule has 7 nitrogen and oxygen atoms in total. The third-order valence-electron chi connectivity index (χ3n) is 4.05. The molecule has 3 rings (SSSR count). The van der Waals surface area contributed by atoms with Crippen LogP contribution in [-0.2, 0) is 11.3 Å². The fraction of sp³-hybridized carbons (Fsp3) is 0.250. The third-order valence-corrected chi connectivity index (χ3v) is 4.05. The first kappa shape index (κ1) is 18.4. The largest absolute Gasteiger partial charge is 0.497 e. The van der Waals surface area contributed by atoms with Crippen molar-refractivity contribution in [2.45, 2.75) is 13.0 Å². The number of hydrogen-bond acceptors (Lipinski definition) is 5. The van der Waals surface area contributed by atoms with Crippen LogP contribution in [0.15, 0.2) is 59.7 Å². The number of hydrogen-bond donors (Lipinski definition) is 1. The van der Waals surface area contributed by atoms with Crippen LogP contribution in [-0.4, -0.2) is 35.7 Å². The predicted molar refractivity (Wildman–Crippen MR) is 102 cm³/mol. The number of amides is 1. The van der Waals surface area contributed by atoms with E-state index in [0.29, 0.717) is 35.6 Å². The average Bonchev–Trinajstić information content (AvgIpc) is 2.71. The highest BCUT2D eigenvalue weighted by molar-refractivity contribution is 5.77. The minimum Gasteiger partial charge on any atom is -0.497 e. The predicted octanol–water partition coefficient (Wildman–Crippen LogP) is 1.99. The zero-order chi connectivity index (χ0) is 19.1. The number of rotatable bonds is 8. The van der Waals surface area contributed by atoms with Crippen LogP contribution in [0.3, 0.4) is 0 Å². The van der Waals surface area contributed by atoms with Crippen LogP contribution in [0.1, 0.15) is 6.42 Å². The summed E-state index contributed by atoms with van der Waals surface area (Å²) in [6.07, 6.45) is 1.67. The highest BCUT2D eigenvalue weighted by Crippen LogP contribution is 2.18. The molecule has 7 heteroatoms. The van der Waals surface area contributed by atoms with Gasteiger partial charge in [-0.25, -0.2) is 4.98 Å². The highest BCUT2D eigenvalue weighted by atomic mass is 16.5. The molecule has 0 aliphatic rings. The lowest BCUT2D eigenvalue weighted by molar-refractivity contribution is -0.121. The van der Waals surface area contributed by atoms with E-state index in [2.05, 4.69) is 10.3 Å². The van der Waals surface area contributed by atoms with Gasteiger partial charge in [0.25, 0.3) is 5.56 Å². The van der Waals surface area contributed by atoms with Crippen molar-refractivity contribution in [2.24, 2.45) is 0 Å². The molecule has 2 aromatic carbocycles. The molecular formula is C20H21N3O4. The Labute approximate surface area is 156 Å². The van der Waals surface area contributed by atoms with Gasteiger partial charge in [-0.1, -0.05) is 18.2 Å². The quantitative estimate of drug-likeness (QED) is 0.616. The number of carbonyl (C=O) groups excluding carboxylic acids is 1. The van der Waals surface area contributed by atoms with Crippen molar-refractivity contribution in [1.82, 2.24) is 14.9 Å². The van der Waals surface area contributed by atoms with Crippen LogP contribution in [0.25, 0.3) is 10.9 Å². The van der Waals surface area contributed by atoms with Crippen LogP contribution < -0.4 is 20.3 Å². The molecule has 3 aromatic rings. The summed E-state index contributed by atoms with van der Waals surface area (Å²) in [5.41, 5.74) is 0.507. The van der Waals surface area contributed by atoms with Crippen molar-refractivity contribution in [1.29, 1.82) is 0 Å². The zero-order valence-corrected chi connectivity index (χ0v) is 15.1. The summed E-state index contributed by atoms with van der Waals surface area (Å²) >= 11 is 0. The van der Waals surface area contributed by atoms with Gasteiger partial charge >= 0.3 is 0 Å². The molecule has 0 aliphatic heterocycles. The number of benzene rings is 2. The van der Waals surface area contributed by atoms with E-state index >= 15 is 0 Å². The molecule has 0 atom stereocenters. The normalized spacial score (nSPS) is 10.6. The Balaban J connectivity index is 1.45. The summed E-state index contributed by atoms with van der Waals surface area (Å²) in [4.78, 5) is 28.6. The fourth-order valence-corrected chi connectivity index (χ4v) is 2.63. The Kier molecular flexibility index (Phi) is 6.04. The van der Waals surface area contributed by atoms with Gasteiger partial charge in [-0.2, -0.15) is 0 Å². The van der Waals surface area contributed by atoms with E-state index in [4.69, 9.17) is 9.47 Å². The van der Waals surface area contributed by atoms with Gasteiger partial charge in [-0.05, 0) is 24.3 Å². The molecule has 1 aromatic heterocycles. The Morgan fingerprint density at radius 3 is 2.81 bits per heavy atom. The number of para-hydroxylation sites is 1. The monoisotopic (exact) mass is 367 g/mol. The lowest BCUT2D eigenvalue weighted by Crippen LogP contribution is -2.30. The van der Waals surface area contributed by atoms with Crippen LogP contribution in [0.4, 0.5) is 0 Å². The summed E-state index contributed by atoms with van der Waals surface area (Å²) in [6, 6.07) is 14.4. The first-order valence-corrected chi connectivity index (χ1v) is 8.65. The maximum atomic E-state index is 12.4. The second kappa shape index (κ2) is 8.84. The van der Waals surface area contributed by atoms with E-state index in [1.165, 1.54) is 10.9 Å². The van der Waals surface area contributed by atoms with Crippen molar-refractivity contribution in [3.05, 3.63) is 65.2 Å². The molecule has 1 N–H and O–H groups in total. The average molecular weight is 367 g/mol. The van der Waals surface area contributed by atoms with Crippen molar-refractivity contribution < 1.29 is 14.3 Å². The molecule has 0 saturated heterocycles. The van der Waals surface area contributed by atoms with Crippen LogP contribution in [0.2, 0.25) is 0 Å². The van der Waals surface area contributed by atoms with E-state index in [0.717, 1.165) is 0 Å². The molecule has 0 fully saturated rings. The molecule has 0 spiro atoms. The third kappa shape index (κ3) is 4.84. The Morgan fingerprint density at radius 2 is 1.96 bits per heavy atom. The van der Waals surface area contributed by atoms with Crippen LogP contribution in [0, 0.1) is 0 Å². The second-order valence-electron chi connectivity index (χ2n) is 5.89. The summed E-state index contributed by atoms with van der Waals surface area (Å²) < 4.78 is 12.1. The molecule has 140 valence electrons. The first-order valence-electron chi connectivity index (χ1n) is 8.65. The van der Waals surface area contributed by atoms with Gasteiger partial charge in [0.1, 0.15) is 18.1 Å². The maximum absolute atomic E-state index is 12.4. The van der Waals surface area contributed by atoms with E-state index in [1.54, 1.807) is 31.4 Å². The van der Waals surface area contributed by atoms with Gasteiger partial charge in [0.15, 0.2) is 0 Å². The lowest BCUT2D eigenvalue weighted by Gasteiger charge is -2.09. The standard InChI is InChI=1S/C20H21N3O4/c1-26-15-5-4-6-16(13-15)27-12-10-21-19(24)9-11-23-14-22-18-8-3-2-7-17(18)20(23)25/h2-8,13-14H,9-12H2,1H3,(H,21,24). The SMILES string of the molecule is COc1cccc(OCCNC(=O)CCn2cnc3ccccc3c2=O)c1. The molecule has 0 saturated carbocycles. The van der Waals surface area contributed by atoms with Crippen molar-refractivity contribution in [3.63, 3.8) is 0 Å². The minimum atomic E-state index is -0.149. The maximum Gasteiger partial charge on any atom is 0.261 e. The molecule has 0 bridgehead atoms. The van der Waals surface area contributed by atoms with E-state index in [-0.39, 0.29) is 24.4 Å². The Hall–Kier alpha value is -3.35. The zero-order valence-electron chi connectivity index (χ0n) is 15.1. The Morgan fingerprint density at radius 1 is 1.15 bits per heavy atom. The van der Waals surface area contributed by atoms with Crippen molar-refractivity contribution >= 4 is 16.8 Å². The first-order chi connectivity index (χ1) is 13.2. The van der Waals surface area contributed by atoms with Gasteiger partial charge in [0, 0.05) is 19.0 Å². The molecule has 1 heterocycles. The molecule has 1 amide bonds. The molecule has 0 unspecified atom stereocenters. The van der Waals surface area contributed by atoms with Gasteiger partial charge in [0.05, 0.1) is 30.9 Å². The summed E-state index contributed by atoms with van der Waals surface area (Å²) in [5.74, 6) is 1.24. The van der Waals surface area contributed by atoms with Crippen LogP contribution in [0.5, 0.6) is 11.5 Å². The van der Waals surface area contributed by atoms with Crippen LogP contribution >= 0.6 is 0 Å². The van der Waals surface area contributed by atoms with Crippen molar-refractivity contribution in [3.8, 4) is 11.5 Å². The number of nitrogens with zero attached hydrogens (tertiary/aromatic N) is 2. The number of nitrogens with one attached hydrogen (secondary N) is 1. The van der Waals surface area contributed by atoms with Gasteiger partial charge in [-0.15, -0.1) is 0 Å². The number of fused-ring (bicyclic) bond motifs is 1. The number of carbonyl (C=O) groups is 1.